The fourth-order valence-corrected chi connectivity index (χ4v) is 1.95. The molecule has 0 aromatic carbocycles. The van der Waals surface area contributed by atoms with Gasteiger partial charge in [-0.25, -0.2) is 9.59 Å². The number of carboxylic acids is 1. The third-order valence-electron chi connectivity index (χ3n) is 3.00. The van der Waals surface area contributed by atoms with Gasteiger partial charge in [0.2, 0.25) is 5.91 Å². The van der Waals surface area contributed by atoms with Crippen LogP contribution in [0, 0.1) is 0 Å². The molecule has 0 aromatic rings. The zero-order valence-corrected chi connectivity index (χ0v) is 13.3. The minimum absolute atomic E-state index is 0.0186. The van der Waals surface area contributed by atoms with Gasteiger partial charge in [-0.1, -0.05) is 0 Å². The van der Waals surface area contributed by atoms with E-state index in [0.717, 1.165) is 0 Å². The van der Waals surface area contributed by atoms with Crippen molar-refractivity contribution in [3.8, 4) is 0 Å². The van der Waals surface area contributed by atoms with E-state index in [1.165, 1.54) is 0 Å². The van der Waals surface area contributed by atoms with Crippen LogP contribution in [0.4, 0.5) is 4.79 Å². The summed E-state index contributed by atoms with van der Waals surface area (Å²) in [5, 5.41) is 11.4. The van der Waals surface area contributed by atoms with Crippen LogP contribution in [-0.2, 0) is 19.1 Å². The fourth-order valence-electron chi connectivity index (χ4n) is 1.95. The predicted molar refractivity (Wildman–Crippen MR) is 77.4 cm³/mol. The third kappa shape index (κ3) is 6.75. The Kier molecular flexibility index (Phi) is 6.61. The molecule has 0 bridgehead atoms. The number of ether oxygens (including phenoxy) is 2. The van der Waals surface area contributed by atoms with Gasteiger partial charge in [0.15, 0.2) is 0 Å². The minimum atomic E-state index is -1.19. The lowest BCUT2D eigenvalue weighted by Crippen LogP contribution is -2.45. The summed E-state index contributed by atoms with van der Waals surface area (Å²) in [4.78, 5) is 36.4. The summed E-state index contributed by atoms with van der Waals surface area (Å²) in [5.74, 6) is -1.33. The van der Waals surface area contributed by atoms with Gasteiger partial charge in [0.05, 0.1) is 13.2 Å². The van der Waals surface area contributed by atoms with E-state index in [0.29, 0.717) is 26.3 Å². The highest BCUT2D eigenvalue weighted by molar-refractivity contribution is 5.81. The standard InChI is InChI=1S/C14H24N2O6/c1-14(2,3)22-13(20)15-10(12(18)19)4-5-11(17)16-6-8-21-9-7-16/h10H,4-9H2,1-3H3,(H,15,20)(H,18,19). The van der Waals surface area contributed by atoms with Crippen LogP contribution in [-0.4, -0.2) is 65.9 Å². The maximum atomic E-state index is 12.0. The molecule has 8 nitrogen and oxygen atoms in total. The molecular weight excluding hydrogens is 292 g/mol. The Labute approximate surface area is 129 Å². The molecule has 1 heterocycles. The number of alkyl carbamates (subject to hydrolysis) is 1. The average Bonchev–Trinajstić information content (AvgIpc) is 2.41. The molecule has 0 radical (unpaired) electrons. The first kappa shape index (κ1) is 18.2. The molecule has 0 spiro atoms. The molecule has 2 amide bonds. The van der Waals surface area contributed by atoms with Crippen molar-refractivity contribution in [1.29, 1.82) is 0 Å². The van der Waals surface area contributed by atoms with Crippen molar-refractivity contribution in [2.45, 2.75) is 45.3 Å². The summed E-state index contributed by atoms with van der Waals surface area (Å²) in [6, 6.07) is -1.15. The van der Waals surface area contributed by atoms with E-state index in [2.05, 4.69) is 5.32 Å². The predicted octanol–water partition coefficient (Wildman–Crippen LogP) is 0.603. The van der Waals surface area contributed by atoms with Crippen LogP contribution in [0.2, 0.25) is 0 Å². The highest BCUT2D eigenvalue weighted by Crippen LogP contribution is 2.09. The first-order valence-electron chi connectivity index (χ1n) is 7.27. The maximum Gasteiger partial charge on any atom is 0.408 e. The van der Waals surface area contributed by atoms with Crippen LogP contribution in [0.25, 0.3) is 0 Å². The summed E-state index contributed by atoms with van der Waals surface area (Å²) in [6.45, 7) is 7.06. The Morgan fingerprint density at radius 1 is 1.27 bits per heavy atom. The molecule has 1 rings (SSSR count). The lowest BCUT2D eigenvalue weighted by Gasteiger charge is -2.27. The Morgan fingerprint density at radius 3 is 2.36 bits per heavy atom. The zero-order chi connectivity index (χ0) is 16.8. The SMILES string of the molecule is CC(C)(C)OC(=O)NC(CCC(=O)N1CCOCC1)C(=O)O. The Hall–Kier alpha value is -1.83. The van der Waals surface area contributed by atoms with Crippen molar-refractivity contribution in [1.82, 2.24) is 10.2 Å². The number of carbonyl (C=O) groups excluding carboxylic acids is 2. The highest BCUT2D eigenvalue weighted by atomic mass is 16.6. The lowest BCUT2D eigenvalue weighted by molar-refractivity contribution is -0.140. The Balaban J connectivity index is 2.45. The van der Waals surface area contributed by atoms with Crippen LogP contribution in [0.15, 0.2) is 0 Å². The number of nitrogens with one attached hydrogen (secondary N) is 1. The molecule has 8 heteroatoms. The molecule has 2 N–H and O–H groups in total. The van der Waals surface area contributed by atoms with Gasteiger partial charge in [0, 0.05) is 19.5 Å². The van der Waals surface area contributed by atoms with E-state index < -0.39 is 23.7 Å². The van der Waals surface area contributed by atoms with Gasteiger partial charge in [-0.05, 0) is 27.2 Å². The summed E-state index contributed by atoms with van der Waals surface area (Å²) in [6.07, 6.45) is -0.740. The van der Waals surface area contributed by atoms with Gasteiger partial charge in [-0.3, -0.25) is 4.79 Å². The van der Waals surface area contributed by atoms with Crippen LogP contribution in [0.5, 0.6) is 0 Å². The normalized spacial score (nSPS) is 16.8. The topological polar surface area (TPSA) is 105 Å². The molecule has 1 aliphatic heterocycles. The number of carboxylic acid groups (broad SMARTS) is 1. The monoisotopic (exact) mass is 316 g/mol. The summed E-state index contributed by atoms with van der Waals surface area (Å²) < 4.78 is 10.2. The van der Waals surface area contributed by atoms with E-state index >= 15 is 0 Å². The molecule has 0 aromatic heterocycles. The highest BCUT2D eigenvalue weighted by Gasteiger charge is 2.26. The third-order valence-corrected chi connectivity index (χ3v) is 3.00. The van der Waals surface area contributed by atoms with Crippen molar-refractivity contribution in [2.75, 3.05) is 26.3 Å². The molecule has 126 valence electrons. The Bertz CT molecular complexity index is 412. The quantitative estimate of drug-likeness (QED) is 0.769. The summed E-state index contributed by atoms with van der Waals surface area (Å²) >= 11 is 0. The van der Waals surface area contributed by atoms with E-state index in [1.807, 2.05) is 0 Å². The zero-order valence-electron chi connectivity index (χ0n) is 13.3. The van der Waals surface area contributed by atoms with Gasteiger partial charge in [0.1, 0.15) is 11.6 Å². The van der Waals surface area contributed by atoms with E-state index in [4.69, 9.17) is 14.6 Å². The Morgan fingerprint density at radius 2 is 1.86 bits per heavy atom. The van der Waals surface area contributed by atoms with Crippen molar-refractivity contribution >= 4 is 18.0 Å². The van der Waals surface area contributed by atoms with Crippen molar-refractivity contribution in [3.05, 3.63) is 0 Å². The number of hydrogen-bond donors (Lipinski definition) is 2. The average molecular weight is 316 g/mol. The molecule has 1 unspecified atom stereocenters. The molecule has 22 heavy (non-hydrogen) atoms. The first-order chi connectivity index (χ1) is 10.2. The molecule has 0 saturated carbocycles. The van der Waals surface area contributed by atoms with Gasteiger partial charge in [-0.15, -0.1) is 0 Å². The number of hydrogen-bond acceptors (Lipinski definition) is 5. The van der Waals surface area contributed by atoms with E-state index in [1.54, 1.807) is 25.7 Å². The molecule has 1 atom stereocenters. The van der Waals surface area contributed by atoms with Crippen molar-refractivity contribution in [2.24, 2.45) is 0 Å². The van der Waals surface area contributed by atoms with Crippen LogP contribution < -0.4 is 5.32 Å². The molecule has 1 saturated heterocycles. The van der Waals surface area contributed by atoms with E-state index in [-0.39, 0.29) is 18.7 Å². The lowest BCUT2D eigenvalue weighted by atomic mass is 10.1. The number of nitrogens with zero attached hydrogens (tertiary/aromatic N) is 1. The van der Waals surface area contributed by atoms with Crippen LogP contribution >= 0.6 is 0 Å². The maximum absolute atomic E-state index is 12.0. The van der Waals surface area contributed by atoms with Gasteiger partial charge in [-0.2, -0.15) is 0 Å². The number of aliphatic carboxylic acids is 1. The molecule has 1 aliphatic rings. The molecule has 0 aliphatic carbocycles. The fraction of sp³-hybridized carbons (Fsp3) is 0.786. The van der Waals surface area contributed by atoms with Gasteiger partial charge < -0.3 is 24.8 Å². The largest absolute Gasteiger partial charge is 0.480 e. The van der Waals surface area contributed by atoms with Gasteiger partial charge in [0.25, 0.3) is 0 Å². The van der Waals surface area contributed by atoms with Crippen molar-refractivity contribution < 1.29 is 29.0 Å². The van der Waals surface area contributed by atoms with Crippen LogP contribution in [0.3, 0.4) is 0 Å². The molecule has 1 fully saturated rings. The van der Waals surface area contributed by atoms with Crippen LogP contribution in [0.1, 0.15) is 33.6 Å². The number of amides is 2. The second-order valence-electron chi connectivity index (χ2n) is 6.07. The number of morpholine rings is 1. The smallest absolute Gasteiger partial charge is 0.408 e. The van der Waals surface area contributed by atoms with Gasteiger partial charge >= 0.3 is 12.1 Å². The number of carbonyl (C=O) groups is 3. The molecular formula is C14H24N2O6. The minimum Gasteiger partial charge on any atom is -0.480 e. The summed E-state index contributed by atoms with van der Waals surface area (Å²) in [5.41, 5.74) is -0.712. The summed E-state index contributed by atoms with van der Waals surface area (Å²) in [7, 11) is 0. The number of rotatable bonds is 5. The second-order valence-corrected chi connectivity index (χ2v) is 6.07. The van der Waals surface area contributed by atoms with Crippen molar-refractivity contribution in [3.63, 3.8) is 0 Å². The van der Waals surface area contributed by atoms with E-state index in [9.17, 15) is 14.4 Å². The second kappa shape index (κ2) is 7.98. The first-order valence-corrected chi connectivity index (χ1v) is 7.27.